The molecule has 1 rings (SSSR count). The van der Waals surface area contributed by atoms with Crippen molar-refractivity contribution >= 4 is 52.7 Å². The third-order valence-electron chi connectivity index (χ3n) is 2.06. The molecule has 0 amide bonds. The van der Waals surface area contributed by atoms with Gasteiger partial charge in [-0.25, -0.2) is 0 Å². The van der Waals surface area contributed by atoms with Crippen molar-refractivity contribution in [3.63, 3.8) is 0 Å². The van der Waals surface area contributed by atoms with E-state index in [4.69, 9.17) is 46.4 Å². The van der Waals surface area contributed by atoms with Crippen LogP contribution in [0.1, 0.15) is 11.5 Å². The number of carbonyl (C=O) groups excluding carboxylic acids is 1. The molecule has 0 saturated carbocycles. The third kappa shape index (κ3) is 3.01. The van der Waals surface area contributed by atoms with E-state index in [2.05, 4.69) is 0 Å². The van der Waals surface area contributed by atoms with E-state index in [1.54, 1.807) is 18.2 Å². The minimum atomic E-state index is -0.696. The molecule has 0 aromatic heterocycles. The maximum Gasteiger partial charge on any atom is 0.138 e. The summed E-state index contributed by atoms with van der Waals surface area (Å²) in [5, 5.41) is 0.134. The lowest BCUT2D eigenvalue weighted by atomic mass is 9.98. The molecule has 0 heterocycles. The highest BCUT2D eigenvalue weighted by atomic mass is 35.5. The zero-order chi connectivity index (χ0) is 11.4. The van der Waals surface area contributed by atoms with Crippen LogP contribution < -0.4 is 0 Å². The second kappa shape index (κ2) is 5.95. The summed E-state index contributed by atoms with van der Waals surface area (Å²) < 4.78 is 0. The Balaban J connectivity index is 3.12. The predicted molar refractivity (Wildman–Crippen MR) is 65.6 cm³/mol. The zero-order valence-corrected chi connectivity index (χ0v) is 10.6. The molecule has 0 saturated heterocycles. The summed E-state index contributed by atoms with van der Waals surface area (Å²) in [7, 11) is 0. The lowest BCUT2D eigenvalue weighted by Gasteiger charge is -2.17. The molecule has 2 unspecified atom stereocenters. The number of hydrogen-bond donors (Lipinski definition) is 0. The Morgan fingerprint density at radius 3 is 2.53 bits per heavy atom. The molecule has 15 heavy (non-hydrogen) atoms. The molecule has 2 atom stereocenters. The standard InChI is InChI=1S/C10H8Cl4O/c11-4-7(9(13)5-15)6-2-1-3-8(12)10(6)14/h1-3,5,7,9H,4H2. The second-order valence-corrected chi connectivity index (χ2v) is 4.58. The molecule has 82 valence electrons. The topological polar surface area (TPSA) is 17.1 Å². The SMILES string of the molecule is O=CC(Cl)C(CCl)c1cccc(Cl)c1Cl. The van der Waals surface area contributed by atoms with Crippen molar-refractivity contribution < 1.29 is 4.79 Å². The summed E-state index contributed by atoms with van der Waals surface area (Å²) in [5.74, 6) is -0.107. The molecule has 0 fully saturated rings. The first kappa shape index (κ1) is 13.1. The Labute approximate surface area is 108 Å². The molecular weight excluding hydrogens is 278 g/mol. The minimum absolute atomic E-state index is 0.215. The van der Waals surface area contributed by atoms with Gasteiger partial charge in [-0.2, -0.15) is 0 Å². The van der Waals surface area contributed by atoms with Crippen LogP contribution in [0, 0.1) is 0 Å². The minimum Gasteiger partial charge on any atom is -0.302 e. The summed E-state index contributed by atoms with van der Waals surface area (Å²) in [5.41, 5.74) is 0.700. The van der Waals surface area contributed by atoms with Crippen LogP contribution in [0.4, 0.5) is 0 Å². The van der Waals surface area contributed by atoms with E-state index >= 15 is 0 Å². The number of rotatable bonds is 4. The van der Waals surface area contributed by atoms with Gasteiger partial charge >= 0.3 is 0 Å². The van der Waals surface area contributed by atoms with Gasteiger partial charge in [-0.05, 0) is 11.6 Å². The van der Waals surface area contributed by atoms with Crippen LogP contribution in [0.2, 0.25) is 10.0 Å². The normalized spacial score (nSPS) is 14.7. The van der Waals surface area contributed by atoms with Gasteiger partial charge < -0.3 is 4.79 Å². The van der Waals surface area contributed by atoms with Crippen molar-refractivity contribution in [2.24, 2.45) is 0 Å². The van der Waals surface area contributed by atoms with Crippen molar-refractivity contribution in [2.75, 3.05) is 5.88 Å². The molecule has 0 radical (unpaired) electrons. The van der Waals surface area contributed by atoms with Gasteiger partial charge in [0.1, 0.15) is 6.29 Å². The quantitative estimate of drug-likeness (QED) is 0.601. The van der Waals surface area contributed by atoms with Gasteiger partial charge in [0, 0.05) is 11.8 Å². The first-order chi connectivity index (χ1) is 7.11. The number of halogens is 4. The van der Waals surface area contributed by atoms with E-state index in [1.165, 1.54) is 0 Å². The van der Waals surface area contributed by atoms with E-state index < -0.39 is 5.38 Å². The van der Waals surface area contributed by atoms with Crippen LogP contribution in [0.25, 0.3) is 0 Å². The maximum absolute atomic E-state index is 10.6. The Hall–Kier alpha value is 0.0500. The van der Waals surface area contributed by atoms with Crippen molar-refractivity contribution in [2.45, 2.75) is 11.3 Å². The monoisotopic (exact) mass is 284 g/mol. The van der Waals surface area contributed by atoms with Gasteiger partial charge in [-0.1, -0.05) is 35.3 Å². The van der Waals surface area contributed by atoms with E-state index in [0.29, 0.717) is 21.9 Å². The van der Waals surface area contributed by atoms with Gasteiger partial charge in [0.15, 0.2) is 0 Å². The zero-order valence-electron chi connectivity index (χ0n) is 7.59. The average molecular weight is 286 g/mol. The summed E-state index contributed by atoms with van der Waals surface area (Å²) >= 11 is 23.4. The summed E-state index contributed by atoms with van der Waals surface area (Å²) in [4.78, 5) is 10.6. The lowest BCUT2D eigenvalue weighted by molar-refractivity contribution is -0.107. The molecule has 0 bridgehead atoms. The Morgan fingerprint density at radius 2 is 2.00 bits per heavy atom. The number of benzene rings is 1. The first-order valence-electron chi connectivity index (χ1n) is 4.21. The van der Waals surface area contributed by atoms with Crippen LogP contribution >= 0.6 is 46.4 Å². The highest BCUT2D eigenvalue weighted by Gasteiger charge is 2.22. The second-order valence-electron chi connectivity index (χ2n) is 2.98. The third-order valence-corrected chi connectivity index (χ3v) is 3.63. The molecule has 1 aromatic rings. The lowest BCUT2D eigenvalue weighted by Crippen LogP contribution is -2.16. The Morgan fingerprint density at radius 1 is 1.33 bits per heavy atom. The molecule has 0 aliphatic rings. The van der Waals surface area contributed by atoms with Crippen LogP contribution in [0.15, 0.2) is 18.2 Å². The maximum atomic E-state index is 10.6. The number of carbonyl (C=O) groups is 1. The summed E-state index contributed by atoms with van der Waals surface area (Å²) in [6, 6.07) is 5.18. The van der Waals surface area contributed by atoms with E-state index in [9.17, 15) is 4.79 Å². The smallest absolute Gasteiger partial charge is 0.138 e. The summed E-state index contributed by atoms with van der Waals surface area (Å²) in [6.45, 7) is 0. The fourth-order valence-electron chi connectivity index (χ4n) is 1.24. The number of hydrogen-bond acceptors (Lipinski definition) is 1. The Kier molecular flexibility index (Phi) is 5.20. The highest BCUT2D eigenvalue weighted by molar-refractivity contribution is 6.42. The molecule has 5 heteroatoms. The van der Waals surface area contributed by atoms with Gasteiger partial charge in [-0.15, -0.1) is 23.2 Å². The molecular formula is C10H8Cl4O. The van der Waals surface area contributed by atoms with Crippen LogP contribution in [0.5, 0.6) is 0 Å². The molecule has 0 N–H and O–H groups in total. The summed E-state index contributed by atoms with van der Waals surface area (Å²) in [6.07, 6.45) is 0.645. The van der Waals surface area contributed by atoms with Gasteiger partial charge in [0.2, 0.25) is 0 Å². The van der Waals surface area contributed by atoms with Crippen molar-refractivity contribution in [1.82, 2.24) is 0 Å². The number of alkyl halides is 2. The van der Waals surface area contributed by atoms with Crippen LogP contribution in [-0.2, 0) is 4.79 Å². The molecule has 0 aliphatic heterocycles. The van der Waals surface area contributed by atoms with Crippen LogP contribution in [-0.4, -0.2) is 17.5 Å². The van der Waals surface area contributed by atoms with Crippen molar-refractivity contribution in [1.29, 1.82) is 0 Å². The fraction of sp³-hybridized carbons (Fsp3) is 0.300. The average Bonchev–Trinajstić information content (AvgIpc) is 2.24. The highest BCUT2D eigenvalue weighted by Crippen LogP contribution is 2.34. The van der Waals surface area contributed by atoms with E-state index in [-0.39, 0.29) is 11.8 Å². The molecule has 1 nitrogen and oxygen atoms in total. The molecule has 0 spiro atoms. The van der Waals surface area contributed by atoms with Crippen molar-refractivity contribution in [3.05, 3.63) is 33.8 Å². The van der Waals surface area contributed by atoms with E-state index in [0.717, 1.165) is 0 Å². The largest absolute Gasteiger partial charge is 0.302 e. The van der Waals surface area contributed by atoms with Crippen LogP contribution in [0.3, 0.4) is 0 Å². The van der Waals surface area contributed by atoms with E-state index in [1.807, 2.05) is 0 Å². The van der Waals surface area contributed by atoms with Gasteiger partial charge in [0.05, 0.1) is 15.4 Å². The first-order valence-corrected chi connectivity index (χ1v) is 5.93. The predicted octanol–water partition coefficient (Wildman–Crippen LogP) is 4.12. The van der Waals surface area contributed by atoms with Gasteiger partial charge in [-0.3, -0.25) is 0 Å². The van der Waals surface area contributed by atoms with Gasteiger partial charge in [0.25, 0.3) is 0 Å². The fourth-order valence-corrected chi connectivity index (χ4v) is 2.36. The van der Waals surface area contributed by atoms with Crippen molar-refractivity contribution in [3.8, 4) is 0 Å². The number of aldehydes is 1. The Bertz CT molecular complexity index is 353. The molecule has 1 aromatic carbocycles. The molecule has 0 aliphatic carbocycles.